The lowest BCUT2D eigenvalue weighted by Gasteiger charge is -2.33. The molecule has 0 aromatic heterocycles. The maximum atomic E-state index is 12.0. The molecule has 0 atom stereocenters. The number of halogens is 1. The molecule has 0 amide bonds. The summed E-state index contributed by atoms with van der Waals surface area (Å²) in [5.41, 5.74) is -0.651. The zero-order chi connectivity index (χ0) is 6.74. The van der Waals surface area contributed by atoms with Gasteiger partial charge in [-0.2, -0.15) is 4.99 Å². The molecule has 0 bridgehead atoms. The highest BCUT2D eigenvalue weighted by Gasteiger charge is 2.36. The highest BCUT2D eigenvalue weighted by atomic mass is 19.1. The van der Waals surface area contributed by atoms with Gasteiger partial charge < -0.3 is 0 Å². The molecule has 0 heterocycles. The molecule has 1 saturated carbocycles. The summed E-state index contributed by atoms with van der Waals surface area (Å²) in [6.45, 7) is -0.512. The predicted molar refractivity (Wildman–Crippen MR) is 30.7 cm³/mol. The Hall–Kier alpha value is -0.690. The van der Waals surface area contributed by atoms with Gasteiger partial charge in [-0.1, -0.05) is 0 Å². The minimum Gasteiger partial charge on any atom is -0.248 e. The van der Waals surface area contributed by atoms with Crippen LogP contribution in [0.2, 0.25) is 0 Å². The lowest BCUT2D eigenvalue weighted by Crippen LogP contribution is -2.36. The van der Waals surface area contributed by atoms with E-state index in [4.69, 9.17) is 0 Å². The monoisotopic (exact) mass is 129 g/mol. The summed E-state index contributed by atoms with van der Waals surface area (Å²) in [7, 11) is 0. The first kappa shape index (κ1) is 6.43. The Labute approximate surface area is 52.8 Å². The van der Waals surface area contributed by atoms with E-state index in [1.54, 1.807) is 0 Å². The van der Waals surface area contributed by atoms with E-state index in [-0.39, 0.29) is 0 Å². The van der Waals surface area contributed by atoms with Gasteiger partial charge in [0.05, 0.1) is 0 Å². The molecule has 2 nitrogen and oxygen atoms in total. The van der Waals surface area contributed by atoms with Crippen LogP contribution in [0.4, 0.5) is 4.39 Å². The van der Waals surface area contributed by atoms with E-state index in [0.717, 1.165) is 6.42 Å². The van der Waals surface area contributed by atoms with Crippen molar-refractivity contribution in [2.45, 2.75) is 24.8 Å². The fourth-order valence-corrected chi connectivity index (χ4v) is 0.957. The van der Waals surface area contributed by atoms with Gasteiger partial charge in [0.25, 0.3) is 0 Å². The molecule has 0 aromatic carbocycles. The molecule has 0 spiro atoms. The molecule has 1 aliphatic carbocycles. The maximum Gasteiger partial charge on any atom is 0.235 e. The zero-order valence-corrected chi connectivity index (χ0v) is 5.06. The fraction of sp³-hybridized carbons (Fsp3) is 0.833. The van der Waals surface area contributed by atoms with Crippen molar-refractivity contribution in [2.75, 3.05) is 6.67 Å². The minimum atomic E-state index is -0.651. The van der Waals surface area contributed by atoms with Crippen molar-refractivity contribution in [3.05, 3.63) is 0 Å². The SMILES string of the molecule is O=C=NC1(CF)CCC1. The van der Waals surface area contributed by atoms with Gasteiger partial charge in [-0.05, 0) is 19.3 Å². The Bertz CT molecular complexity index is 142. The van der Waals surface area contributed by atoms with Crippen molar-refractivity contribution < 1.29 is 9.18 Å². The lowest BCUT2D eigenvalue weighted by molar-refractivity contribution is 0.193. The van der Waals surface area contributed by atoms with Crippen LogP contribution in [0.1, 0.15) is 19.3 Å². The van der Waals surface area contributed by atoms with E-state index in [1.165, 1.54) is 6.08 Å². The Kier molecular flexibility index (Phi) is 1.63. The number of alkyl halides is 1. The molecule has 9 heavy (non-hydrogen) atoms. The number of carbonyl (C=O) groups excluding carboxylic acids is 1. The second kappa shape index (κ2) is 2.28. The van der Waals surface area contributed by atoms with Gasteiger partial charge in [-0.15, -0.1) is 0 Å². The van der Waals surface area contributed by atoms with Crippen LogP contribution in [-0.2, 0) is 4.79 Å². The third-order valence-corrected chi connectivity index (χ3v) is 1.82. The number of isocyanates is 1. The second-order valence-electron chi connectivity index (χ2n) is 2.41. The zero-order valence-electron chi connectivity index (χ0n) is 5.06. The van der Waals surface area contributed by atoms with E-state index in [0.29, 0.717) is 12.8 Å². The van der Waals surface area contributed by atoms with Gasteiger partial charge in [-0.25, -0.2) is 9.18 Å². The Morgan fingerprint density at radius 1 is 1.67 bits per heavy atom. The van der Waals surface area contributed by atoms with Crippen LogP contribution in [0.3, 0.4) is 0 Å². The number of rotatable bonds is 2. The molecule has 1 fully saturated rings. The highest BCUT2D eigenvalue weighted by molar-refractivity contribution is 5.35. The first-order chi connectivity index (χ1) is 4.33. The van der Waals surface area contributed by atoms with Gasteiger partial charge in [-0.3, -0.25) is 0 Å². The molecular formula is C6H8FNO. The summed E-state index contributed by atoms with van der Waals surface area (Å²) >= 11 is 0. The largest absolute Gasteiger partial charge is 0.248 e. The molecular weight excluding hydrogens is 121 g/mol. The topological polar surface area (TPSA) is 29.4 Å². The third-order valence-electron chi connectivity index (χ3n) is 1.82. The quantitative estimate of drug-likeness (QED) is 0.407. The molecule has 0 aliphatic heterocycles. The lowest BCUT2D eigenvalue weighted by atomic mass is 9.79. The average molecular weight is 129 g/mol. The summed E-state index contributed by atoms with van der Waals surface area (Å²) in [5, 5.41) is 0. The molecule has 0 N–H and O–H groups in total. The van der Waals surface area contributed by atoms with Gasteiger partial charge >= 0.3 is 0 Å². The van der Waals surface area contributed by atoms with Crippen LogP contribution in [0.5, 0.6) is 0 Å². The molecule has 1 rings (SSSR count). The van der Waals surface area contributed by atoms with Crippen molar-refractivity contribution >= 4 is 6.08 Å². The molecule has 50 valence electrons. The van der Waals surface area contributed by atoms with Crippen molar-refractivity contribution in [1.82, 2.24) is 0 Å². The smallest absolute Gasteiger partial charge is 0.235 e. The number of hydrogen-bond acceptors (Lipinski definition) is 2. The summed E-state index contributed by atoms with van der Waals surface area (Å²) in [4.78, 5) is 13.1. The van der Waals surface area contributed by atoms with Gasteiger partial charge in [0.1, 0.15) is 12.2 Å². The van der Waals surface area contributed by atoms with E-state index in [1.807, 2.05) is 0 Å². The first-order valence-corrected chi connectivity index (χ1v) is 2.98. The number of nitrogens with zero attached hydrogens (tertiary/aromatic N) is 1. The molecule has 0 radical (unpaired) electrons. The Balaban J connectivity index is 2.56. The molecule has 0 unspecified atom stereocenters. The van der Waals surface area contributed by atoms with Crippen LogP contribution >= 0.6 is 0 Å². The van der Waals surface area contributed by atoms with Crippen LogP contribution in [0, 0.1) is 0 Å². The number of aliphatic imine (C=N–C) groups is 1. The van der Waals surface area contributed by atoms with E-state index >= 15 is 0 Å². The van der Waals surface area contributed by atoms with Crippen LogP contribution in [-0.4, -0.2) is 18.3 Å². The standard InChI is InChI=1S/C6H8FNO/c7-4-6(8-5-9)2-1-3-6/h1-4H2. The van der Waals surface area contributed by atoms with Crippen molar-refractivity contribution in [2.24, 2.45) is 4.99 Å². The Morgan fingerprint density at radius 2 is 2.33 bits per heavy atom. The van der Waals surface area contributed by atoms with Gasteiger partial charge in [0, 0.05) is 0 Å². The Morgan fingerprint density at radius 3 is 2.44 bits per heavy atom. The summed E-state index contributed by atoms with van der Waals surface area (Å²) in [6, 6.07) is 0. The maximum absolute atomic E-state index is 12.0. The molecule has 0 saturated heterocycles. The summed E-state index contributed by atoms with van der Waals surface area (Å²) in [6.07, 6.45) is 3.79. The minimum absolute atomic E-state index is 0.512. The van der Waals surface area contributed by atoms with Gasteiger partial charge in [0.2, 0.25) is 6.08 Å². The molecule has 3 heteroatoms. The van der Waals surface area contributed by atoms with Crippen LogP contribution < -0.4 is 0 Å². The summed E-state index contributed by atoms with van der Waals surface area (Å²) in [5.74, 6) is 0. The van der Waals surface area contributed by atoms with E-state index < -0.39 is 12.2 Å². The van der Waals surface area contributed by atoms with Crippen LogP contribution in [0.25, 0.3) is 0 Å². The highest BCUT2D eigenvalue weighted by Crippen LogP contribution is 2.35. The van der Waals surface area contributed by atoms with Crippen molar-refractivity contribution in [3.63, 3.8) is 0 Å². The average Bonchev–Trinajstić information content (AvgIpc) is 1.79. The molecule has 1 aliphatic rings. The van der Waals surface area contributed by atoms with Gasteiger partial charge in [0.15, 0.2) is 0 Å². The predicted octanol–water partition coefficient (Wildman–Crippen LogP) is 1.21. The summed E-state index contributed by atoms with van der Waals surface area (Å²) < 4.78 is 12.0. The molecule has 0 aromatic rings. The third kappa shape index (κ3) is 1.01. The number of hydrogen-bond donors (Lipinski definition) is 0. The van der Waals surface area contributed by atoms with Crippen LogP contribution in [0.15, 0.2) is 4.99 Å². The first-order valence-electron chi connectivity index (χ1n) is 2.98. The van der Waals surface area contributed by atoms with Crippen molar-refractivity contribution in [3.8, 4) is 0 Å². The second-order valence-corrected chi connectivity index (χ2v) is 2.41. The van der Waals surface area contributed by atoms with E-state index in [9.17, 15) is 9.18 Å². The normalized spacial score (nSPS) is 21.9. The van der Waals surface area contributed by atoms with E-state index in [2.05, 4.69) is 4.99 Å². The van der Waals surface area contributed by atoms with Crippen molar-refractivity contribution in [1.29, 1.82) is 0 Å². The fourth-order valence-electron chi connectivity index (χ4n) is 0.957.